The van der Waals surface area contributed by atoms with E-state index in [-0.39, 0.29) is 12.1 Å². The molecule has 2 atom stereocenters. The second-order valence-corrected chi connectivity index (χ2v) is 7.12. The van der Waals surface area contributed by atoms with Crippen LogP contribution in [0.3, 0.4) is 0 Å². The summed E-state index contributed by atoms with van der Waals surface area (Å²) in [4.78, 5) is 14.2. The molecule has 3 N–H and O–H groups in total. The van der Waals surface area contributed by atoms with Crippen LogP contribution in [0, 0.1) is 5.92 Å². The maximum Gasteiger partial charge on any atom is 0.407 e. The highest BCUT2D eigenvalue weighted by molar-refractivity contribution is 5.68. The van der Waals surface area contributed by atoms with Crippen LogP contribution in [0.25, 0.3) is 0 Å². The number of rotatable bonds is 9. The summed E-state index contributed by atoms with van der Waals surface area (Å²) < 4.78 is 10.5. The Hall–Kier alpha value is -0.850. The molecule has 2 unspecified atom stereocenters. The van der Waals surface area contributed by atoms with Gasteiger partial charge < -0.3 is 20.5 Å². The van der Waals surface area contributed by atoms with Gasteiger partial charge in [-0.05, 0) is 33.6 Å². The molecular weight excluding hydrogens is 282 g/mol. The summed E-state index contributed by atoms with van der Waals surface area (Å²) in [6, 6.07) is -0.0551. The SMILES string of the molecule is COCCN(CC(C)C)C(CN)C(C)NC(=O)OC(C)(C)C. The number of hydrogen-bond donors (Lipinski definition) is 2. The minimum absolute atomic E-state index is 0.0464. The van der Waals surface area contributed by atoms with Crippen molar-refractivity contribution in [3.05, 3.63) is 0 Å². The molecule has 0 aromatic carbocycles. The summed E-state index contributed by atoms with van der Waals surface area (Å²) in [5, 5.41) is 2.89. The normalized spacial score (nSPS) is 15.0. The standard InChI is InChI=1S/C16H35N3O3/c1-12(2)11-19(8-9-21-7)14(10-17)13(3)18-15(20)22-16(4,5)6/h12-14H,8-11,17H2,1-7H3,(H,18,20). The van der Waals surface area contributed by atoms with E-state index in [9.17, 15) is 4.79 Å². The van der Waals surface area contributed by atoms with Crippen molar-refractivity contribution in [1.82, 2.24) is 10.2 Å². The summed E-state index contributed by atoms with van der Waals surface area (Å²) in [5.41, 5.74) is 5.45. The number of amides is 1. The fourth-order valence-corrected chi connectivity index (χ4v) is 2.33. The molecule has 0 aromatic heterocycles. The average Bonchev–Trinajstić information content (AvgIpc) is 2.33. The lowest BCUT2D eigenvalue weighted by Crippen LogP contribution is -2.55. The van der Waals surface area contributed by atoms with Crippen molar-refractivity contribution in [2.75, 3.05) is 33.4 Å². The van der Waals surface area contributed by atoms with Crippen molar-refractivity contribution in [3.63, 3.8) is 0 Å². The lowest BCUT2D eigenvalue weighted by atomic mass is 10.1. The minimum atomic E-state index is -0.504. The molecule has 0 aromatic rings. The Balaban J connectivity index is 4.75. The first-order chi connectivity index (χ1) is 10.1. The minimum Gasteiger partial charge on any atom is -0.444 e. The Morgan fingerprint density at radius 3 is 2.27 bits per heavy atom. The number of methoxy groups -OCH3 is 1. The van der Waals surface area contributed by atoms with Gasteiger partial charge >= 0.3 is 6.09 Å². The Kier molecular flexibility index (Phi) is 9.64. The van der Waals surface area contributed by atoms with Gasteiger partial charge in [0, 0.05) is 38.8 Å². The first-order valence-corrected chi connectivity index (χ1v) is 8.03. The average molecular weight is 317 g/mol. The molecule has 0 radical (unpaired) electrons. The molecule has 6 heteroatoms. The second kappa shape index (κ2) is 10.0. The number of ether oxygens (including phenoxy) is 2. The van der Waals surface area contributed by atoms with Crippen molar-refractivity contribution in [2.24, 2.45) is 11.7 Å². The van der Waals surface area contributed by atoms with Gasteiger partial charge in [0.1, 0.15) is 5.60 Å². The van der Waals surface area contributed by atoms with E-state index in [4.69, 9.17) is 15.2 Å². The van der Waals surface area contributed by atoms with E-state index < -0.39 is 11.7 Å². The second-order valence-electron chi connectivity index (χ2n) is 7.12. The zero-order valence-electron chi connectivity index (χ0n) is 15.3. The van der Waals surface area contributed by atoms with Crippen molar-refractivity contribution < 1.29 is 14.3 Å². The van der Waals surface area contributed by atoms with E-state index in [1.165, 1.54) is 0 Å². The van der Waals surface area contributed by atoms with Gasteiger partial charge in [-0.1, -0.05) is 13.8 Å². The van der Waals surface area contributed by atoms with Gasteiger partial charge in [-0.25, -0.2) is 4.79 Å². The summed E-state index contributed by atoms with van der Waals surface area (Å²) in [5.74, 6) is 0.514. The third-order valence-corrected chi connectivity index (χ3v) is 3.21. The molecule has 0 spiro atoms. The van der Waals surface area contributed by atoms with E-state index in [0.29, 0.717) is 19.1 Å². The fraction of sp³-hybridized carbons (Fsp3) is 0.938. The number of alkyl carbamates (subject to hydrolysis) is 1. The molecular formula is C16H35N3O3. The zero-order chi connectivity index (χ0) is 17.3. The van der Waals surface area contributed by atoms with Crippen LogP contribution in [0.2, 0.25) is 0 Å². The maximum atomic E-state index is 11.9. The number of hydrogen-bond acceptors (Lipinski definition) is 5. The molecule has 6 nitrogen and oxygen atoms in total. The molecule has 0 saturated carbocycles. The highest BCUT2D eigenvalue weighted by Crippen LogP contribution is 2.10. The Bertz CT molecular complexity index is 316. The van der Waals surface area contributed by atoms with E-state index in [1.54, 1.807) is 7.11 Å². The van der Waals surface area contributed by atoms with Crippen LogP contribution in [-0.2, 0) is 9.47 Å². The number of carbonyl (C=O) groups excluding carboxylic acids is 1. The van der Waals surface area contributed by atoms with Crippen molar-refractivity contribution in [3.8, 4) is 0 Å². The Morgan fingerprint density at radius 1 is 1.27 bits per heavy atom. The van der Waals surface area contributed by atoms with Crippen LogP contribution in [0.4, 0.5) is 4.79 Å². The van der Waals surface area contributed by atoms with E-state index >= 15 is 0 Å². The smallest absolute Gasteiger partial charge is 0.407 e. The van der Waals surface area contributed by atoms with Crippen LogP contribution in [0.15, 0.2) is 0 Å². The van der Waals surface area contributed by atoms with Crippen LogP contribution < -0.4 is 11.1 Å². The predicted molar refractivity (Wildman–Crippen MR) is 90.0 cm³/mol. The van der Waals surface area contributed by atoms with E-state index in [0.717, 1.165) is 13.1 Å². The molecule has 0 heterocycles. The topological polar surface area (TPSA) is 76.8 Å². The lowest BCUT2D eigenvalue weighted by molar-refractivity contribution is 0.0448. The molecule has 0 aliphatic carbocycles. The van der Waals surface area contributed by atoms with Gasteiger partial charge in [-0.15, -0.1) is 0 Å². The number of carbonyl (C=O) groups is 1. The van der Waals surface area contributed by atoms with Crippen LogP contribution in [0.5, 0.6) is 0 Å². The van der Waals surface area contributed by atoms with E-state index in [2.05, 4.69) is 24.1 Å². The zero-order valence-corrected chi connectivity index (χ0v) is 15.3. The Labute approximate surface area is 135 Å². The van der Waals surface area contributed by atoms with Gasteiger partial charge in [-0.3, -0.25) is 4.90 Å². The van der Waals surface area contributed by atoms with Crippen LogP contribution in [0.1, 0.15) is 41.5 Å². The van der Waals surface area contributed by atoms with Gasteiger partial charge in [0.25, 0.3) is 0 Å². The molecule has 0 bridgehead atoms. The molecule has 0 aliphatic heterocycles. The quantitative estimate of drug-likeness (QED) is 0.678. The van der Waals surface area contributed by atoms with Gasteiger partial charge in [0.05, 0.1) is 6.61 Å². The number of nitrogens with two attached hydrogens (primary N) is 1. The molecule has 0 fully saturated rings. The highest BCUT2D eigenvalue weighted by Gasteiger charge is 2.26. The summed E-state index contributed by atoms with van der Waals surface area (Å²) in [6.45, 7) is 14.6. The Morgan fingerprint density at radius 2 is 1.86 bits per heavy atom. The van der Waals surface area contributed by atoms with Crippen molar-refractivity contribution in [2.45, 2.75) is 59.2 Å². The molecule has 0 saturated heterocycles. The third-order valence-electron chi connectivity index (χ3n) is 3.21. The van der Waals surface area contributed by atoms with Crippen molar-refractivity contribution >= 4 is 6.09 Å². The maximum absolute atomic E-state index is 11.9. The van der Waals surface area contributed by atoms with Gasteiger partial charge in [0.2, 0.25) is 0 Å². The molecule has 132 valence electrons. The molecule has 0 rings (SSSR count). The largest absolute Gasteiger partial charge is 0.444 e. The fourth-order valence-electron chi connectivity index (χ4n) is 2.33. The number of nitrogens with zero attached hydrogens (tertiary/aromatic N) is 1. The van der Waals surface area contributed by atoms with Crippen molar-refractivity contribution in [1.29, 1.82) is 0 Å². The van der Waals surface area contributed by atoms with Crippen LogP contribution >= 0.6 is 0 Å². The molecule has 1 amide bonds. The summed E-state index contributed by atoms with van der Waals surface area (Å²) >= 11 is 0. The first kappa shape index (κ1) is 21.1. The summed E-state index contributed by atoms with van der Waals surface area (Å²) in [6.07, 6.45) is -0.408. The summed E-state index contributed by atoms with van der Waals surface area (Å²) in [7, 11) is 1.69. The van der Waals surface area contributed by atoms with Crippen LogP contribution in [-0.4, -0.2) is 62.0 Å². The van der Waals surface area contributed by atoms with Gasteiger partial charge in [0.15, 0.2) is 0 Å². The third kappa shape index (κ3) is 9.23. The molecule has 0 aliphatic rings. The molecule has 22 heavy (non-hydrogen) atoms. The first-order valence-electron chi connectivity index (χ1n) is 8.03. The lowest BCUT2D eigenvalue weighted by Gasteiger charge is -2.36. The highest BCUT2D eigenvalue weighted by atomic mass is 16.6. The monoisotopic (exact) mass is 317 g/mol. The predicted octanol–water partition coefficient (Wildman–Crippen LogP) is 1.83. The van der Waals surface area contributed by atoms with E-state index in [1.807, 2.05) is 27.7 Å². The van der Waals surface area contributed by atoms with Gasteiger partial charge in [-0.2, -0.15) is 0 Å². The number of nitrogens with one attached hydrogen (secondary N) is 1.